The fourth-order valence-electron chi connectivity index (χ4n) is 16.3. The van der Waals surface area contributed by atoms with Crippen molar-refractivity contribution in [2.24, 2.45) is 23.7 Å². The zero-order valence-electron chi connectivity index (χ0n) is 69.4. The molecule has 126 heavy (non-hydrogen) atoms. The van der Waals surface area contributed by atoms with E-state index in [1.54, 1.807) is 72.8 Å². The van der Waals surface area contributed by atoms with Gasteiger partial charge in [0.2, 0.25) is 0 Å². The molecule has 0 radical (unpaired) electrons. The van der Waals surface area contributed by atoms with Crippen molar-refractivity contribution in [3.63, 3.8) is 0 Å². The average molecular weight is 2070 g/mol. The van der Waals surface area contributed by atoms with Crippen molar-refractivity contribution in [3.05, 3.63) is 295 Å². The second-order valence-electron chi connectivity index (χ2n) is 32.4. The van der Waals surface area contributed by atoms with Crippen molar-refractivity contribution in [3.8, 4) is 56.3 Å². The first-order chi connectivity index (χ1) is 59.6. The highest BCUT2D eigenvalue weighted by Crippen LogP contribution is 2.53. The summed E-state index contributed by atoms with van der Waals surface area (Å²) in [6.45, 7) is 11.7. The third kappa shape index (κ3) is 26.8. The average Bonchev–Trinajstić information content (AvgIpc) is 0.748. The number of aliphatic hydroxyl groups excluding tert-OH is 1. The summed E-state index contributed by atoms with van der Waals surface area (Å²) in [6.07, 6.45) is 8.48. The molecule has 668 valence electrons. The van der Waals surface area contributed by atoms with E-state index >= 15 is 0 Å². The molecule has 4 aliphatic rings. The first-order valence-electron chi connectivity index (χ1n) is 39.6. The van der Waals surface area contributed by atoms with E-state index in [0.717, 1.165) is 89.3 Å². The van der Waals surface area contributed by atoms with Crippen LogP contribution in [0.4, 0.5) is 22.0 Å². The van der Waals surface area contributed by atoms with E-state index in [0.29, 0.717) is 98.1 Å². The van der Waals surface area contributed by atoms with Crippen molar-refractivity contribution in [1.29, 1.82) is 0 Å². The van der Waals surface area contributed by atoms with Gasteiger partial charge in [0.1, 0.15) is 54.9 Å². The van der Waals surface area contributed by atoms with Gasteiger partial charge in [0.25, 0.3) is 10.1 Å². The van der Waals surface area contributed by atoms with Crippen molar-refractivity contribution in [2.45, 2.75) is 127 Å². The topological polar surface area (TPSA) is 190 Å². The van der Waals surface area contributed by atoms with E-state index < -0.39 is 50.0 Å². The fourth-order valence-corrected chi connectivity index (χ4v) is 20.1. The molecule has 0 unspecified atom stereocenters. The van der Waals surface area contributed by atoms with Gasteiger partial charge in [0.15, 0.2) is 0 Å². The summed E-state index contributed by atoms with van der Waals surface area (Å²) in [6, 6.07) is 50.3. The van der Waals surface area contributed by atoms with Crippen molar-refractivity contribution >= 4 is 170 Å². The monoisotopic (exact) mass is 2070 g/mol. The number of hydrogen-bond acceptors (Lipinski definition) is 14. The largest absolute Gasteiger partial charge is 0.469 e. The van der Waals surface area contributed by atoms with E-state index in [4.69, 9.17) is 130 Å². The Morgan fingerprint density at radius 3 is 1.11 bits per heavy atom. The number of pyridine rings is 5. The normalized spacial score (nSPS) is 20.2. The number of carbonyl (C=O) groups excluding carboxylic acids is 2. The molecule has 0 atom stereocenters. The predicted molar refractivity (Wildman–Crippen MR) is 502 cm³/mol. The maximum absolute atomic E-state index is 13.4. The number of nitrogens with zero attached hydrogens (tertiary/aromatic N) is 5. The minimum atomic E-state index is -3.55. The molecular formula is C94H88Br2Cl10F5N5O9S. The molecule has 15 rings (SSSR count). The second kappa shape index (κ2) is 45.0. The maximum Gasteiger partial charge on any atom is 0.316 e. The molecule has 1 N–H and O–H groups in total. The van der Waals surface area contributed by atoms with Crippen LogP contribution in [0.15, 0.2) is 182 Å². The summed E-state index contributed by atoms with van der Waals surface area (Å²) in [5.74, 6) is -0.852. The number of halogens is 17. The van der Waals surface area contributed by atoms with Crippen molar-refractivity contribution in [2.75, 3.05) is 44.3 Å². The van der Waals surface area contributed by atoms with Crippen LogP contribution >= 0.6 is 148 Å². The molecule has 14 nitrogen and oxygen atoms in total. The number of aromatic nitrogens is 5. The molecule has 4 saturated carbocycles. The molecule has 4 fully saturated rings. The highest BCUT2D eigenvalue weighted by Gasteiger charge is 2.51. The summed E-state index contributed by atoms with van der Waals surface area (Å²) < 4.78 is 110. The molecule has 0 aliphatic heterocycles. The number of alkyl halides is 2. The Morgan fingerprint density at radius 2 is 0.770 bits per heavy atom. The molecule has 11 aromatic rings. The van der Waals surface area contributed by atoms with Gasteiger partial charge in [-0.25, -0.2) is 46.9 Å². The predicted octanol–water partition coefficient (Wildman–Crippen LogP) is 27.9. The standard InChI is InChI=1S/C18H18Cl2FNO3S.C18H16Cl2FNO2.C17H16Cl2FNO.C17H16Cl2FN.C14H10Cl2FNO2.C10H12Br2O/c1-11-8-18(9-11,10-25-26(2,23)24)13-6-16(22-17(20)7-13)12-3-4-15(21)14(19)5-12;1-10-8-18(9-10,17(23)24-2)12-6-15(22-16(20)7-12)11-3-4-14(21)13(19)5-11;1-10-7-17(8-10,9-22)12-5-15(21-16(19)6-12)11-2-3-14(20)13(18)4-11;1-10-8-17(2,9-10)12-6-15(21-16(19)7-12)11-3-4-14(20)13(18)5-11;1-20-14(19)6-8-4-12(18-13(16)5-8)9-2-3-11(17)10(15)7-9;11-6-10(7-12)13-8-9-4-2-1-3-5-9/h3-7,11H,8-10H2,1-2H3;3-7,10H,8-9H2,1-2H3;2-6,10,22H,7-9H2,1H3;3-7,10H,8-9H2,1-2H3;2-5,7H,6H2,1H3;1-5,10H,6-8H2. The van der Waals surface area contributed by atoms with Gasteiger partial charge in [-0.15, -0.1) is 0 Å². The molecule has 32 heteroatoms. The van der Waals surface area contributed by atoms with Gasteiger partial charge in [0, 0.05) is 49.3 Å². The Labute approximate surface area is 797 Å². The molecule has 0 amide bonds. The molecule has 6 aromatic carbocycles. The molecule has 0 spiro atoms. The lowest BCUT2D eigenvalue weighted by Crippen LogP contribution is -2.47. The molecule has 5 heterocycles. The van der Waals surface area contributed by atoms with Gasteiger partial charge < -0.3 is 19.3 Å². The van der Waals surface area contributed by atoms with Crippen LogP contribution in [0.2, 0.25) is 50.9 Å². The van der Waals surface area contributed by atoms with Crippen LogP contribution in [0.5, 0.6) is 0 Å². The Morgan fingerprint density at radius 1 is 0.437 bits per heavy atom. The van der Waals surface area contributed by atoms with E-state index in [2.05, 4.69) is 108 Å². The SMILES string of the molecule is BrCC(CBr)OCc1ccccc1.CC1CC(C)(c2cc(Cl)nc(-c3ccc(F)c(Cl)c3)c2)C1.CC1CC(CO)(c2cc(Cl)nc(-c3ccc(F)c(Cl)c3)c2)C1.CC1CC(COS(C)(=O)=O)(c2cc(Cl)nc(-c3ccc(F)c(Cl)c3)c2)C1.COC(=O)C1(c2cc(Cl)nc(-c3ccc(F)c(Cl)c3)c2)CC(C)C1.COC(=O)Cc1cc(Cl)nc(-c2ccc(F)c(Cl)c2)c1. The third-order valence-corrected chi connectivity index (χ3v) is 26.6. The van der Waals surface area contributed by atoms with Crippen LogP contribution in [-0.4, -0.2) is 101 Å². The summed E-state index contributed by atoms with van der Waals surface area (Å²) in [5.41, 5.74) is 10.8. The first-order valence-corrected chi connectivity index (χ1v) is 47.5. The number of rotatable bonds is 21. The quantitative estimate of drug-likeness (QED) is 0.0235. The van der Waals surface area contributed by atoms with Crippen molar-refractivity contribution in [1.82, 2.24) is 24.9 Å². The van der Waals surface area contributed by atoms with E-state index in [1.807, 2.05) is 42.5 Å². The van der Waals surface area contributed by atoms with E-state index in [1.165, 1.54) is 79.9 Å². The van der Waals surface area contributed by atoms with Gasteiger partial charge >= 0.3 is 11.9 Å². The van der Waals surface area contributed by atoms with Gasteiger partial charge in [0.05, 0.1) is 112 Å². The maximum atomic E-state index is 13.4. The second-order valence-corrected chi connectivity index (χ2v) is 39.3. The number of aliphatic hydroxyl groups is 1. The third-order valence-electron chi connectivity index (χ3n) is 22.2. The van der Waals surface area contributed by atoms with Gasteiger partial charge in [-0.3, -0.25) is 13.8 Å². The summed E-state index contributed by atoms with van der Waals surface area (Å²) in [7, 11) is -0.853. The van der Waals surface area contributed by atoms with Gasteiger partial charge in [-0.1, -0.05) is 213 Å². The molecule has 0 saturated heterocycles. The van der Waals surface area contributed by atoms with Crippen LogP contribution < -0.4 is 0 Å². The lowest BCUT2D eigenvalue weighted by Gasteiger charge is -2.46. The highest BCUT2D eigenvalue weighted by atomic mass is 79.9. The fraction of sp³-hybridized carbons (Fsp3) is 0.330. The Balaban J connectivity index is 0.000000159. The minimum Gasteiger partial charge on any atom is -0.469 e. The number of esters is 2. The minimum absolute atomic E-state index is 0.00112. The van der Waals surface area contributed by atoms with Crippen LogP contribution in [0.1, 0.15) is 119 Å². The number of hydrogen-bond donors (Lipinski definition) is 1. The Hall–Kier alpha value is -6.65. The smallest absolute Gasteiger partial charge is 0.316 e. The zero-order chi connectivity index (χ0) is 91.9. The summed E-state index contributed by atoms with van der Waals surface area (Å²) >= 11 is 66.6. The molecule has 0 bridgehead atoms. The number of ether oxygens (including phenoxy) is 3. The summed E-state index contributed by atoms with van der Waals surface area (Å²) in [4.78, 5) is 45.0. The number of benzene rings is 6. The van der Waals surface area contributed by atoms with Crippen LogP contribution in [0.25, 0.3) is 56.3 Å². The number of carbonyl (C=O) groups is 2. The first kappa shape index (κ1) is 101. The molecule has 4 aliphatic carbocycles. The van der Waals surface area contributed by atoms with E-state index in [-0.39, 0.29) is 89.1 Å². The van der Waals surface area contributed by atoms with Crippen LogP contribution in [0, 0.1) is 52.8 Å². The van der Waals surface area contributed by atoms with Crippen LogP contribution in [0.3, 0.4) is 0 Å². The highest BCUT2D eigenvalue weighted by molar-refractivity contribution is 9.09. The van der Waals surface area contributed by atoms with E-state index in [9.17, 15) is 45.1 Å². The Bertz CT molecular complexity index is 5820. The molecule has 5 aromatic heterocycles. The zero-order valence-corrected chi connectivity index (χ0v) is 80.9. The molecular weight excluding hydrogens is 1980 g/mol. The van der Waals surface area contributed by atoms with Gasteiger partial charge in [-0.05, 0) is 265 Å². The Kier molecular flexibility index (Phi) is 36.2. The lowest BCUT2D eigenvalue weighted by molar-refractivity contribution is -0.153. The van der Waals surface area contributed by atoms with Crippen LogP contribution in [-0.2, 0) is 72.8 Å². The summed E-state index contributed by atoms with van der Waals surface area (Å²) in [5, 5.41) is 13.3. The van der Waals surface area contributed by atoms with Crippen molar-refractivity contribution < 1.29 is 63.5 Å². The van der Waals surface area contributed by atoms with Gasteiger partial charge in [-0.2, -0.15) is 8.42 Å². The number of methoxy groups -OCH3 is 2. The lowest BCUT2D eigenvalue weighted by atomic mass is 9.59.